The fourth-order valence-corrected chi connectivity index (χ4v) is 4.27. The zero-order valence-electron chi connectivity index (χ0n) is 13.3. The second-order valence-corrected chi connectivity index (χ2v) is 7.00. The van der Waals surface area contributed by atoms with Crippen molar-refractivity contribution in [2.45, 2.75) is 78.6 Å². The van der Waals surface area contributed by atoms with Crippen molar-refractivity contribution in [1.29, 1.82) is 0 Å². The second kappa shape index (κ2) is 6.77. The Hall–Kier alpha value is -0.520. The van der Waals surface area contributed by atoms with Gasteiger partial charge in [-0.2, -0.15) is 0 Å². The molecule has 0 heteroatoms. The molecule has 2 aliphatic rings. The van der Waals surface area contributed by atoms with Crippen LogP contribution in [0, 0.1) is 17.3 Å². The molecule has 2 rings (SSSR count). The smallest absolute Gasteiger partial charge is 0.0140 e. The van der Waals surface area contributed by atoms with Crippen LogP contribution in [0.2, 0.25) is 0 Å². The molecule has 0 nitrogen and oxygen atoms in total. The highest BCUT2D eigenvalue weighted by Crippen LogP contribution is 2.67. The maximum Gasteiger partial charge on any atom is -0.0140 e. The normalized spacial score (nSPS) is 32.6. The monoisotopic (exact) mass is 260 g/mol. The summed E-state index contributed by atoms with van der Waals surface area (Å²) in [5.74, 6) is 1.95. The molecule has 3 unspecified atom stereocenters. The van der Waals surface area contributed by atoms with Crippen molar-refractivity contribution in [2.24, 2.45) is 17.3 Å². The summed E-state index contributed by atoms with van der Waals surface area (Å²) in [6, 6.07) is 0. The van der Waals surface area contributed by atoms with Gasteiger partial charge in [-0.05, 0) is 69.6 Å². The molecule has 0 spiro atoms. The van der Waals surface area contributed by atoms with Crippen molar-refractivity contribution in [2.75, 3.05) is 0 Å². The van der Waals surface area contributed by atoms with E-state index in [1.54, 1.807) is 0 Å². The van der Waals surface area contributed by atoms with Crippen LogP contribution in [0.4, 0.5) is 0 Å². The highest BCUT2D eigenvalue weighted by atomic mass is 14.6. The van der Waals surface area contributed by atoms with Crippen LogP contribution in [0.15, 0.2) is 23.8 Å². The summed E-state index contributed by atoms with van der Waals surface area (Å²) < 4.78 is 0. The van der Waals surface area contributed by atoms with Gasteiger partial charge >= 0.3 is 0 Å². The average Bonchev–Trinajstić information content (AvgIpc) is 3.03. The van der Waals surface area contributed by atoms with Gasteiger partial charge in [-0.1, -0.05) is 50.0 Å². The molecule has 2 aliphatic carbocycles. The molecule has 1 saturated carbocycles. The lowest BCUT2D eigenvalue weighted by Crippen LogP contribution is -2.07. The molecule has 108 valence electrons. The Balaban J connectivity index is 1.96. The number of unbranched alkanes of at least 4 members (excludes halogenated alkanes) is 2. The predicted octanol–water partition coefficient (Wildman–Crippen LogP) is 6.29. The van der Waals surface area contributed by atoms with Crippen molar-refractivity contribution < 1.29 is 0 Å². The fraction of sp³-hybridized carbons (Fsp3) is 0.789. The van der Waals surface area contributed by atoms with Crippen LogP contribution in [0.1, 0.15) is 78.6 Å². The summed E-state index contributed by atoms with van der Waals surface area (Å²) in [7, 11) is 0. The van der Waals surface area contributed by atoms with E-state index in [9.17, 15) is 0 Å². The summed E-state index contributed by atoms with van der Waals surface area (Å²) in [5.41, 5.74) is 2.18. The zero-order valence-corrected chi connectivity index (χ0v) is 13.3. The third-order valence-electron chi connectivity index (χ3n) is 5.36. The molecule has 1 fully saturated rings. The van der Waals surface area contributed by atoms with Gasteiger partial charge in [0.1, 0.15) is 0 Å². The van der Waals surface area contributed by atoms with Crippen LogP contribution in [0.5, 0.6) is 0 Å². The highest BCUT2D eigenvalue weighted by molar-refractivity contribution is 5.19. The Kier molecular flexibility index (Phi) is 5.30. The van der Waals surface area contributed by atoms with E-state index in [-0.39, 0.29) is 0 Å². The minimum absolute atomic E-state index is 0.693. The minimum atomic E-state index is 0.693. The summed E-state index contributed by atoms with van der Waals surface area (Å²) >= 11 is 0. The molecule has 0 aliphatic heterocycles. The Morgan fingerprint density at radius 2 is 2.11 bits per heavy atom. The summed E-state index contributed by atoms with van der Waals surface area (Å²) in [4.78, 5) is 0. The molecule has 0 radical (unpaired) electrons. The summed E-state index contributed by atoms with van der Waals surface area (Å²) in [6.07, 6.45) is 20.2. The van der Waals surface area contributed by atoms with Crippen LogP contribution >= 0.6 is 0 Å². The Morgan fingerprint density at radius 1 is 1.26 bits per heavy atom. The first-order chi connectivity index (χ1) is 9.20. The molecule has 0 aromatic carbocycles. The first-order valence-corrected chi connectivity index (χ1v) is 8.50. The zero-order chi connectivity index (χ0) is 13.7. The third-order valence-corrected chi connectivity index (χ3v) is 5.36. The molecular formula is C19H32. The number of hydrogen-bond acceptors (Lipinski definition) is 0. The van der Waals surface area contributed by atoms with E-state index < -0.39 is 0 Å². The van der Waals surface area contributed by atoms with Crippen molar-refractivity contribution in [3.8, 4) is 0 Å². The van der Waals surface area contributed by atoms with Gasteiger partial charge in [0.05, 0.1) is 0 Å². The summed E-state index contributed by atoms with van der Waals surface area (Å²) in [5, 5.41) is 0. The van der Waals surface area contributed by atoms with Crippen molar-refractivity contribution in [1.82, 2.24) is 0 Å². The van der Waals surface area contributed by atoms with Crippen LogP contribution in [-0.4, -0.2) is 0 Å². The molecule has 19 heavy (non-hydrogen) atoms. The molecule has 0 amide bonds. The molecule has 0 aromatic rings. The lowest BCUT2D eigenvalue weighted by molar-refractivity contribution is 0.350. The van der Waals surface area contributed by atoms with E-state index in [0.717, 1.165) is 11.8 Å². The number of hydrogen-bond donors (Lipinski definition) is 0. The topological polar surface area (TPSA) is 0 Å². The number of fused-ring (bicyclic) bond motifs is 1. The van der Waals surface area contributed by atoms with Gasteiger partial charge in [-0.15, -0.1) is 0 Å². The van der Waals surface area contributed by atoms with E-state index in [1.165, 1.54) is 63.4 Å². The molecule has 0 N–H and O–H groups in total. The number of rotatable bonds is 7. The molecule has 0 aromatic heterocycles. The lowest BCUT2D eigenvalue weighted by atomic mass is 9.87. The first kappa shape index (κ1) is 14.9. The van der Waals surface area contributed by atoms with Gasteiger partial charge in [0.2, 0.25) is 0 Å². The van der Waals surface area contributed by atoms with Crippen molar-refractivity contribution in [3.05, 3.63) is 23.8 Å². The predicted molar refractivity (Wildman–Crippen MR) is 85.2 cm³/mol. The van der Waals surface area contributed by atoms with E-state index in [2.05, 4.69) is 39.0 Å². The van der Waals surface area contributed by atoms with Crippen LogP contribution < -0.4 is 0 Å². The van der Waals surface area contributed by atoms with Crippen LogP contribution in [-0.2, 0) is 0 Å². The van der Waals surface area contributed by atoms with Gasteiger partial charge in [-0.25, -0.2) is 0 Å². The quantitative estimate of drug-likeness (QED) is 0.373. The summed E-state index contributed by atoms with van der Waals surface area (Å²) in [6.45, 7) is 6.78. The Bertz CT molecular complexity index is 332. The molecule has 3 atom stereocenters. The van der Waals surface area contributed by atoms with E-state index >= 15 is 0 Å². The van der Waals surface area contributed by atoms with Gasteiger partial charge in [0, 0.05) is 0 Å². The average molecular weight is 260 g/mol. The van der Waals surface area contributed by atoms with Gasteiger partial charge < -0.3 is 0 Å². The van der Waals surface area contributed by atoms with Crippen LogP contribution in [0.25, 0.3) is 0 Å². The van der Waals surface area contributed by atoms with Crippen LogP contribution in [0.3, 0.4) is 0 Å². The van der Waals surface area contributed by atoms with E-state index in [1.807, 2.05) is 0 Å². The molecule has 0 heterocycles. The minimum Gasteiger partial charge on any atom is -0.0882 e. The van der Waals surface area contributed by atoms with Crippen molar-refractivity contribution in [3.63, 3.8) is 0 Å². The maximum absolute atomic E-state index is 2.58. The van der Waals surface area contributed by atoms with Gasteiger partial charge in [0.25, 0.3) is 0 Å². The molecular weight excluding hydrogens is 228 g/mol. The van der Waals surface area contributed by atoms with Crippen molar-refractivity contribution >= 4 is 0 Å². The Labute approximate surface area is 120 Å². The molecule has 0 saturated heterocycles. The van der Waals surface area contributed by atoms with Gasteiger partial charge in [-0.3, -0.25) is 0 Å². The maximum atomic E-state index is 2.58. The third kappa shape index (κ3) is 3.52. The SMILES string of the molecule is CCCCCC1(CCC=C(C)C)C2C=CCCCC21. The van der Waals surface area contributed by atoms with E-state index in [0.29, 0.717) is 5.41 Å². The number of allylic oxidation sites excluding steroid dienone is 4. The largest absolute Gasteiger partial charge is 0.0882 e. The standard InChI is InChI=1S/C19H32/c1-4-5-9-14-19(15-10-11-16(2)3)17-12-7-6-8-13-18(17)19/h7,11-12,17-18H,4-6,8-10,13-15H2,1-3H3. The Morgan fingerprint density at radius 3 is 2.84 bits per heavy atom. The molecule has 0 bridgehead atoms. The van der Waals surface area contributed by atoms with E-state index in [4.69, 9.17) is 0 Å². The second-order valence-electron chi connectivity index (χ2n) is 7.00. The fourth-order valence-electron chi connectivity index (χ4n) is 4.27. The first-order valence-electron chi connectivity index (χ1n) is 8.50. The highest BCUT2D eigenvalue weighted by Gasteiger charge is 2.60. The lowest BCUT2D eigenvalue weighted by Gasteiger charge is -2.18. The van der Waals surface area contributed by atoms with Gasteiger partial charge in [0.15, 0.2) is 0 Å².